The van der Waals surface area contributed by atoms with Crippen LogP contribution in [0.1, 0.15) is 5.56 Å². The minimum atomic E-state index is 0.950. The third-order valence-electron chi connectivity index (χ3n) is 2.03. The molecule has 0 bridgehead atoms. The Kier molecular flexibility index (Phi) is 1.50. The fraction of sp³-hybridized carbons (Fsp3) is 0.222. The van der Waals surface area contributed by atoms with E-state index in [1.54, 1.807) is 0 Å². The van der Waals surface area contributed by atoms with Crippen LogP contribution in [0.2, 0.25) is 0 Å². The number of aromatic amines is 1. The van der Waals surface area contributed by atoms with Crippen LogP contribution in [0.4, 0.5) is 5.69 Å². The van der Waals surface area contributed by atoms with E-state index in [4.69, 9.17) is 0 Å². The maximum Gasteiger partial charge on any atom is 0.137 e. The van der Waals surface area contributed by atoms with Gasteiger partial charge in [-0.05, 0) is 18.6 Å². The summed E-state index contributed by atoms with van der Waals surface area (Å²) in [4.78, 5) is 7.36. The minimum absolute atomic E-state index is 0.950. The minimum Gasteiger partial charge on any atom is -0.387 e. The van der Waals surface area contributed by atoms with Crippen molar-refractivity contribution < 1.29 is 0 Å². The largest absolute Gasteiger partial charge is 0.387 e. The second-order valence-corrected chi connectivity index (χ2v) is 2.84. The van der Waals surface area contributed by atoms with Gasteiger partial charge in [0.1, 0.15) is 5.65 Å². The van der Waals surface area contributed by atoms with Gasteiger partial charge in [0.25, 0.3) is 0 Å². The summed E-state index contributed by atoms with van der Waals surface area (Å²) in [5.41, 5.74) is 3.23. The first-order chi connectivity index (χ1) is 5.81. The molecule has 0 radical (unpaired) electrons. The standard InChI is InChI=1S/C9H11N3/c1-6-4-11-9-8(6)3-7(10-2)5-12-9/h3-5,10H,1-2H3,(H,11,12). The maximum absolute atomic E-state index is 4.25. The lowest BCUT2D eigenvalue weighted by Crippen LogP contribution is -1.88. The van der Waals surface area contributed by atoms with Gasteiger partial charge in [-0.3, -0.25) is 0 Å². The molecule has 0 spiro atoms. The van der Waals surface area contributed by atoms with E-state index in [0.717, 1.165) is 11.3 Å². The van der Waals surface area contributed by atoms with Gasteiger partial charge in [0.15, 0.2) is 0 Å². The zero-order valence-corrected chi connectivity index (χ0v) is 7.18. The number of fused-ring (bicyclic) bond motifs is 1. The van der Waals surface area contributed by atoms with E-state index < -0.39 is 0 Å². The zero-order chi connectivity index (χ0) is 8.55. The molecule has 0 unspecified atom stereocenters. The van der Waals surface area contributed by atoms with Crippen LogP contribution >= 0.6 is 0 Å². The summed E-state index contributed by atoms with van der Waals surface area (Å²) in [5, 5.41) is 4.24. The fourth-order valence-electron chi connectivity index (χ4n) is 1.27. The number of nitrogens with one attached hydrogen (secondary N) is 2. The smallest absolute Gasteiger partial charge is 0.137 e. The molecule has 2 heterocycles. The lowest BCUT2D eigenvalue weighted by Gasteiger charge is -1.98. The number of aromatic nitrogens is 2. The van der Waals surface area contributed by atoms with Crippen molar-refractivity contribution in [1.29, 1.82) is 0 Å². The highest BCUT2D eigenvalue weighted by Gasteiger charge is 2.00. The molecule has 0 aliphatic heterocycles. The molecule has 0 saturated heterocycles. The topological polar surface area (TPSA) is 40.7 Å². The van der Waals surface area contributed by atoms with Crippen LogP contribution in [-0.4, -0.2) is 17.0 Å². The zero-order valence-electron chi connectivity index (χ0n) is 7.18. The summed E-state index contributed by atoms with van der Waals surface area (Å²) in [7, 11) is 1.89. The van der Waals surface area contributed by atoms with Gasteiger partial charge in [-0.15, -0.1) is 0 Å². The van der Waals surface area contributed by atoms with Crippen LogP contribution in [0.5, 0.6) is 0 Å². The predicted octanol–water partition coefficient (Wildman–Crippen LogP) is 1.91. The molecular formula is C9H11N3. The summed E-state index contributed by atoms with van der Waals surface area (Å²) in [6, 6.07) is 2.09. The molecule has 0 aliphatic rings. The van der Waals surface area contributed by atoms with Crippen LogP contribution in [0.15, 0.2) is 18.5 Å². The number of nitrogens with zero attached hydrogens (tertiary/aromatic N) is 1. The van der Waals surface area contributed by atoms with E-state index in [9.17, 15) is 0 Å². The first-order valence-corrected chi connectivity index (χ1v) is 3.93. The highest BCUT2D eigenvalue weighted by Crippen LogP contribution is 2.18. The average Bonchev–Trinajstić information content (AvgIpc) is 2.47. The Hall–Kier alpha value is -1.51. The molecule has 0 aliphatic carbocycles. The Labute approximate surface area is 70.8 Å². The molecule has 3 nitrogen and oxygen atoms in total. The number of aryl methyl sites for hydroxylation is 1. The lowest BCUT2D eigenvalue weighted by molar-refractivity contribution is 1.31. The van der Waals surface area contributed by atoms with Crippen molar-refractivity contribution in [3.05, 3.63) is 24.0 Å². The quantitative estimate of drug-likeness (QED) is 0.670. The first kappa shape index (κ1) is 7.16. The van der Waals surface area contributed by atoms with Crippen molar-refractivity contribution in [2.24, 2.45) is 0 Å². The predicted molar refractivity (Wildman–Crippen MR) is 50.4 cm³/mol. The molecule has 0 atom stereocenters. The molecule has 0 fully saturated rings. The van der Waals surface area contributed by atoms with Gasteiger partial charge >= 0.3 is 0 Å². The molecule has 0 amide bonds. The van der Waals surface area contributed by atoms with Crippen LogP contribution in [-0.2, 0) is 0 Å². The molecule has 12 heavy (non-hydrogen) atoms. The van der Waals surface area contributed by atoms with Crippen LogP contribution in [0.3, 0.4) is 0 Å². The summed E-state index contributed by atoms with van der Waals surface area (Å²) in [6.07, 6.45) is 3.79. The number of H-pyrrole nitrogens is 1. The van der Waals surface area contributed by atoms with Gasteiger partial charge in [-0.25, -0.2) is 4.98 Å². The second kappa shape index (κ2) is 2.52. The number of hydrogen-bond donors (Lipinski definition) is 2. The van der Waals surface area contributed by atoms with Crippen molar-refractivity contribution in [1.82, 2.24) is 9.97 Å². The summed E-state index contributed by atoms with van der Waals surface area (Å²) in [5.74, 6) is 0. The van der Waals surface area contributed by atoms with Crippen molar-refractivity contribution in [3.8, 4) is 0 Å². The Morgan fingerprint density at radius 2 is 2.33 bits per heavy atom. The van der Waals surface area contributed by atoms with Crippen LogP contribution in [0, 0.1) is 6.92 Å². The maximum atomic E-state index is 4.25. The van der Waals surface area contributed by atoms with Crippen molar-refractivity contribution in [2.75, 3.05) is 12.4 Å². The Morgan fingerprint density at radius 1 is 1.50 bits per heavy atom. The van der Waals surface area contributed by atoms with Gasteiger partial charge in [-0.2, -0.15) is 0 Å². The van der Waals surface area contributed by atoms with Gasteiger partial charge in [0.05, 0.1) is 11.9 Å². The summed E-state index contributed by atoms with van der Waals surface area (Å²) in [6.45, 7) is 2.07. The molecule has 2 rings (SSSR count). The van der Waals surface area contributed by atoms with Gasteiger partial charge in [0.2, 0.25) is 0 Å². The van der Waals surface area contributed by atoms with Crippen LogP contribution in [0.25, 0.3) is 11.0 Å². The highest BCUT2D eigenvalue weighted by atomic mass is 14.9. The number of anilines is 1. The van der Waals surface area contributed by atoms with Crippen molar-refractivity contribution in [2.45, 2.75) is 6.92 Å². The molecule has 62 valence electrons. The van der Waals surface area contributed by atoms with Gasteiger partial charge in [0, 0.05) is 18.6 Å². The van der Waals surface area contributed by atoms with E-state index in [1.807, 2.05) is 19.4 Å². The number of hydrogen-bond acceptors (Lipinski definition) is 2. The van der Waals surface area contributed by atoms with E-state index in [-0.39, 0.29) is 0 Å². The molecule has 3 heteroatoms. The fourth-order valence-corrected chi connectivity index (χ4v) is 1.27. The normalized spacial score (nSPS) is 10.5. The van der Waals surface area contributed by atoms with E-state index in [0.29, 0.717) is 0 Å². The first-order valence-electron chi connectivity index (χ1n) is 3.93. The number of rotatable bonds is 1. The van der Waals surface area contributed by atoms with Crippen LogP contribution < -0.4 is 5.32 Å². The van der Waals surface area contributed by atoms with Gasteiger partial charge in [-0.1, -0.05) is 0 Å². The second-order valence-electron chi connectivity index (χ2n) is 2.84. The molecule has 0 aromatic carbocycles. The molecular weight excluding hydrogens is 150 g/mol. The van der Waals surface area contributed by atoms with E-state index >= 15 is 0 Å². The highest BCUT2D eigenvalue weighted by molar-refractivity contribution is 5.82. The SMILES string of the molecule is CNc1cnc2[nH]cc(C)c2c1. The Morgan fingerprint density at radius 3 is 3.08 bits per heavy atom. The Balaban J connectivity index is 2.71. The van der Waals surface area contributed by atoms with Gasteiger partial charge < -0.3 is 10.3 Å². The lowest BCUT2D eigenvalue weighted by atomic mass is 10.2. The molecule has 2 N–H and O–H groups in total. The molecule has 0 saturated carbocycles. The third kappa shape index (κ3) is 0.942. The number of pyridine rings is 1. The van der Waals surface area contributed by atoms with E-state index in [1.165, 1.54) is 10.9 Å². The van der Waals surface area contributed by atoms with E-state index in [2.05, 4.69) is 28.3 Å². The summed E-state index contributed by atoms with van der Waals surface area (Å²) >= 11 is 0. The molecule has 2 aromatic rings. The van der Waals surface area contributed by atoms with Crippen molar-refractivity contribution >= 4 is 16.7 Å². The monoisotopic (exact) mass is 161 g/mol. The Bertz CT molecular complexity index is 403. The molecule has 2 aromatic heterocycles. The summed E-state index contributed by atoms with van der Waals surface area (Å²) < 4.78 is 0. The third-order valence-corrected chi connectivity index (χ3v) is 2.03. The average molecular weight is 161 g/mol. The van der Waals surface area contributed by atoms with Crippen molar-refractivity contribution in [3.63, 3.8) is 0 Å².